The molecule has 260 valence electrons. The second kappa shape index (κ2) is 18.3. The average Bonchev–Trinajstić information content (AvgIpc) is 2.96. The molecule has 2 aromatic rings. The smallest absolute Gasteiger partial charge is 0.317 e. The Morgan fingerprint density at radius 3 is 1.74 bits per heavy atom. The van der Waals surface area contributed by atoms with Crippen molar-refractivity contribution in [3.63, 3.8) is 0 Å². The summed E-state index contributed by atoms with van der Waals surface area (Å²) in [5, 5.41) is 0. The molecular weight excluding hydrogens is 705 g/mol. The van der Waals surface area contributed by atoms with E-state index in [4.69, 9.17) is 38.6 Å². The molecule has 1 heterocycles. The molecule has 5 unspecified atom stereocenters. The third kappa shape index (κ3) is 12.9. The summed E-state index contributed by atoms with van der Waals surface area (Å²) < 4.78 is 54.4. The van der Waals surface area contributed by atoms with Gasteiger partial charge in [0.1, 0.15) is 11.5 Å². The molecule has 3 rings (SSSR count). The van der Waals surface area contributed by atoms with Crippen molar-refractivity contribution >= 4 is 63.5 Å². The third-order valence-electron chi connectivity index (χ3n) is 8.00. The van der Waals surface area contributed by atoms with E-state index in [0.29, 0.717) is 13.2 Å². The lowest BCUT2D eigenvalue weighted by atomic mass is 9.78. The summed E-state index contributed by atoms with van der Waals surface area (Å²) in [5.41, 5.74) is 2.22. The van der Waals surface area contributed by atoms with E-state index in [2.05, 4.69) is 76.4 Å². The topological polar surface area (TPSA) is 103 Å². The molecule has 0 bridgehead atoms. The van der Waals surface area contributed by atoms with Crippen LogP contribution in [0.3, 0.4) is 0 Å². The molecule has 17 heteroatoms. The van der Waals surface area contributed by atoms with Gasteiger partial charge in [-0.1, -0.05) is 38.1 Å². The SMILES string of the molecule is CO[SiH](C)O[Si](C)(CCCOc1ccc(C(C)(C)c2ccc(OCCC[Si]3(C)O[SiH](C)O[SiH](C)O[SiH](C)O3)cc2)cc1)O[SiH](C)O. The maximum atomic E-state index is 9.92. The number of benzene rings is 2. The third-order valence-corrected chi connectivity index (χ3v) is 30.6. The van der Waals surface area contributed by atoms with Crippen LogP contribution in [0.1, 0.15) is 37.8 Å². The Hall–Kier alpha value is -0.762. The van der Waals surface area contributed by atoms with Gasteiger partial charge >= 0.3 is 35.7 Å². The van der Waals surface area contributed by atoms with Gasteiger partial charge in [0, 0.05) is 12.5 Å². The fourth-order valence-electron chi connectivity index (χ4n) is 5.65. The minimum absolute atomic E-state index is 0.190. The lowest BCUT2D eigenvalue weighted by Crippen LogP contribution is -2.53. The summed E-state index contributed by atoms with van der Waals surface area (Å²) in [5.74, 6) is 1.69. The van der Waals surface area contributed by atoms with Crippen LogP contribution in [-0.2, 0) is 34.5 Å². The predicted molar refractivity (Wildman–Crippen MR) is 199 cm³/mol. The first kappa shape index (κ1) is 39.7. The molecule has 1 saturated heterocycles. The van der Waals surface area contributed by atoms with Crippen LogP contribution in [-0.4, -0.2) is 88.7 Å². The molecule has 2 aromatic carbocycles. The van der Waals surface area contributed by atoms with E-state index in [1.165, 1.54) is 11.1 Å². The first-order chi connectivity index (χ1) is 21.6. The summed E-state index contributed by atoms with van der Waals surface area (Å²) >= 11 is 0. The van der Waals surface area contributed by atoms with E-state index in [1.54, 1.807) is 13.7 Å². The van der Waals surface area contributed by atoms with Crippen LogP contribution in [0, 0.1) is 0 Å². The second-order valence-corrected chi connectivity index (χ2v) is 30.4. The zero-order chi connectivity index (χ0) is 34.0. The molecular formula is C29H56O10Si7. The second-order valence-electron chi connectivity index (χ2n) is 12.7. The van der Waals surface area contributed by atoms with Crippen molar-refractivity contribution in [1.29, 1.82) is 0 Å². The summed E-state index contributed by atoms with van der Waals surface area (Å²) in [6.45, 7) is 19.7. The molecule has 10 nitrogen and oxygen atoms in total. The number of hydrogen-bond acceptors (Lipinski definition) is 10. The molecule has 0 aromatic heterocycles. The van der Waals surface area contributed by atoms with Gasteiger partial charge in [0.05, 0.1) is 13.2 Å². The van der Waals surface area contributed by atoms with Crippen LogP contribution in [0.2, 0.25) is 57.9 Å². The fourth-order valence-corrected chi connectivity index (χ4v) is 28.8. The molecule has 1 aliphatic heterocycles. The van der Waals surface area contributed by atoms with Gasteiger partial charge < -0.3 is 43.4 Å². The lowest BCUT2D eigenvalue weighted by Gasteiger charge is -2.37. The van der Waals surface area contributed by atoms with Crippen LogP contribution in [0.5, 0.6) is 11.5 Å². The Bertz CT molecular complexity index is 1160. The standard InChI is InChI=1S/C29H56O10Si7/c1-29(2,25-13-17-27(18-14-25)32-21-11-23-45(9,36-40(4)30)37-41(5)31-3)26-15-19-28(20-16-26)33-22-12-24-46(10)38-43(7)34-42(6)35-44(8)39-46/h13-20,30,40-44H,11-12,21-24H2,1-10H3. The highest BCUT2D eigenvalue weighted by Crippen LogP contribution is 2.33. The molecule has 0 saturated carbocycles. The average molecular weight is 761 g/mol. The minimum atomic E-state index is -2.49. The molecule has 0 amide bonds. The Kier molecular flexibility index (Phi) is 15.8. The van der Waals surface area contributed by atoms with E-state index in [9.17, 15) is 4.80 Å². The maximum absolute atomic E-state index is 9.92. The summed E-state index contributed by atoms with van der Waals surface area (Å²) in [6, 6.07) is 18.3. The van der Waals surface area contributed by atoms with Crippen LogP contribution < -0.4 is 9.47 Å². The lowest BCUT2D eigenvalue weighted by molar-refractivity contribution is 0.266. The molecule has 5 atom stereocenters. The Balaban J connectivity index is 1.47. The van der Waals surface area contributed by atoms with Gasteiger partial charge in [0.25, 0.3) is 27.9 Å². The van der Waals surface area contributed by atoms with E-state index in [1.807, 2.05) is 25.2 Å². The molecule has 0 aliphatic carbocycles. The van der Waals surface area contributed by atoms with Crippen molar-refractivity contribution in [3.8, 4) is 11.5 Å². The van der Waals surface area contributed by atoms with E-state index in [0.717, 1.165) is 36.4 Å². The summed E-state index contributed by atoms with van der Waals surface area (Å²) in [4.78, 5) is 9.92. The van der Waals surface area contributed by atoms with Crippen molar-refractivity contribution in [3.05, 3.63) is 59.7 Å². The normalized spacial score (nSPS) is 25.2. The zero-order valence-electron chi connectivity index (χ0n) is 29.4. The van der Waals surface area contributed by atoms with Crippen molar-refractivity contribution in [2.24, 2.45) is 0 Å². The molecule has 1 fully saturated rings. The molecule has 46 heavy (non-hydrogen) atoms. The van der Waals surface area contributed by atoms with Crippen LogP contribution >= 0.6 is 0 Å². The van der Waals surface area contributed by atoms with E-state index >= 15 is 0 Å². The highest BCUT2D eigenvalue weighted by atomic mass is 28.5. The predicted octanol–water partition coefficient (Wildman–Crippen LogP) is 4.70. The van der Waals surface area contributed by atoms with Gasteiger partial charge in [-0.05, 0) is 106 Å². The van der Waals surface area contributed by atoms with Crippen molar-refractivity contribution in [1.82, 2.24) is 0 Å². The highest BCUT2D eigenvalue weighted by molar-refractivity contribution is 6.81. The fraction of sp³-hybridized carbons (Fsp3) is 0.586. The molecule has 1 N–H and O–H groups in total. The van der Waals surface area contributed by atoms with Gasteiger partial charge in [0.15, 0.2) is 0 Å². The minimum Gasteiger partial charge on any atom is -0.494 e. The first-order valence-electron chi connectivity index (χ1n) is 16.3. The monoisotopic (exact) mass is 760 g/mol. The van der Waals surface area contributed by atoms with E-state index in [-0.39, 0.29) is 5.41 Å². The van der Waals surface area contributed by atoms with Gasteiger partial charge in [-0.15, -0.1) is 0 Å². The van der Waals surface area contributed by atoms with Crippen molar-refractivity contribution in [2.75, 3.05) is 20.3 Å². The molecule has 1 aliphatic rings. The number of hydrogen-bond donors (Lipinski definition) is 1. The van der Waals surface area contributed by atoms with Crippen LogP contribution in [0.4, 0.5) is 0 Å². The van der Waals surface area contributed by atoms with Gasteiger partial charge in [-0.25, -0.2) is 0 Å². The maximum Gasteiger partial charge on any atom is 0.317 e. The Labute approximate surface area is 287 Å². The van der Waals surface area contributed by atoms with E-state index < -0.39 is 63.5 Å². The summed E-state index contributed by atoms with van der Waals surface area (Å²) in [6.07, 6.45) is 1.64. The van der Waals surface area contributed by atoms with Crippen molar-refractivity contribution in [2.45, 2.75) is 90.0 Å². The highest BCUT2D eigenvalue weighted by Gasteiger charge is 2.39. The van der Waals surface area contributed by atoms with Gasteiger partial charge in [0.2, 0.25) is 0 Å². The quantitative estimate of drug-likeness (QED) is 0.181. The largest absolute Gasteiger partial charge is 0.494 e. The Morgan fingerprint density at radius 2 is 1.28 bits per heavy atom. The summed E-state index contributed by atoms with van der Waals surface area (Å²) in [7, 11) is -12.2. The zero-order valence-corrected chi connectivity index (χ0v) is 37.1. The van der Waals surface area contributed by atoms with Crippen molar-refractivity contribution < 1.29 is 43.4 Å². The number of ether oxygens (including phenoxy) is 2. The van der Waals surface area contributed by atoms with Crippen LogP contribution in [0.15, 0.2) is 48.5 Å². The number of rotatable bonds is 17. The van der Waals surface area contributed by atoms with Crippen LogP contribution in [0.25, 0.3) is 0 Å². The molecule has 0 radical (unpaired) electrons. The molecule has 0 spiro atoms. The van der Waals surface area contributed by atoms with Gasteiger partial charge in [-0.3, -0.25) is 0 Å². The Morgan fingerprint density at radius 1 is 0.804 bits per heavy atom. The van der Waals surface area contributed by atoms with Gasteiger partial charge in [-0.2, -0.15) is 0 Å². The first-order valence-corrected chi connectivity index (χ1v) is 31.9.